The third-order valence-electron chi connectivity index (χ3n) is 7.90. The number of carbonyl (C=O) groups excluding carboxylic acids is 1. The molecule has 2 atom stereocenters. The van der Waals surface area contributed by atoms with Crippen molar-refractivity contribution in [3.05, 3.63) is 88.2 Å². The molecule has 0 aromatic heterocycles. The molecule has 2 N–H and O–H groups in total. The number of fused-ring (bicyclic) bond motifs is 2. The van der Waals surface area contributed by atoms with Gasteiger partial charge in [-0.25, -0.2) is 21.6 Å². The fraction of sp³-hybridized carbons (Fsp3) is 0.333. The molecule has 2 bridgehead atoms. The van der Waals surface area contributed by atoms with Crippen molar-refractivity contribution in [2.24, 2.45) is 17.0 Å². The van der Waals surface area contributed by atoms with Crippen molar-refractivity contribution in [2.75, 3.05) is 12.4 Å². The van der Waals surface area contributed by atoms with Crippen LogP contribution in [0.3, 0.4) is 0 Å². The highest BCUT2D eigenvalue weighted by Crippen LogP contribution is 2.51. The minimum absolute atomic E-state index is 0.0943. The Balaban J connectivity index is 1.29. The number of benzene rings is 3. The van der Waals surface area contributed by atoms with E-state index in [1.165, 1.54) is 18.3 Å². The lowest BCUT2D eigenvalue weighted by Crippen LogP contribution is -2.47. The van der Waals surface area contributed by atoms with Crippen molar-refractivity contribution in [1.29, 1.82) is 0 Å². The van der Waals surface area contributed by atoms with Gasteiger partial charge in [-0.05, 0) is 73.4 Å². The van der Waals surface area contributed by atoms with Crippen molar-refractivity contribution in [1.82, 2.24) is 0 Å². The summed E-state index contributed by atoms with van der Waals surface area (Å²) in [5, 5.41) is 16.5. The number of ether oxygens (including phenoxy) is 1. The van der Waals surface area contributed by atoms with E-state index in [9.17, 15) is 31.5 Å². The van der Waals surface area contributed by atoms with Crippen LogP contribution in [0.1, 0.15) is 41.6 Å². The molecule has 2 aliphatic rings. The second kappa shape index (κ2) is 12.2. The molecule has 2 fully saturated rings. The summed E-state index contributed by atoms with van der Waals surface area (Å²) < 4.78 is 73.4. The maximum atomic E-state index is 13.9. The Morgan fingerprint density at radius 3 is 2.42 bits per heavy atom. The summed E-state index contributed by atoms with van der Waals surface area (Å²) in [7, 11) is -2.52. The Labute approximate surface area is 251 Å². The normalized spacial score (nSPS) is 23.3. The molecule has 2 aliphatic carbocycles. The lowest BCUT2D eigenvalue weighted by molar-refractivity contribution is 0.0410. The fourth-order valence-electron chi connectivity index (χ4n) is 6.03. The lowest BCUT2D eigenvalue weighted by Gasteiger charge is -2.38. The molecule has 5 rings (SSSR count). The first-order valence-electron chi connectivity index (χ1n) is 13.4. The molecular formula is C30H28ClF3N2O6S. The van der Waals surface area contributed by atoms with Crippen LogP contribution in [0, 0.1) is 29.3 Å². The number of nitrogens with zero attached hydrogens (tertiary/aromatic N) is 1. The highest BCUT2D eigenvalue weighted by atomic mass is 35.5. The van der Waals surface area contributed by atoms with E-state index in [0.717, 1.165) is 11.6 Å². The molecule has 43 heavy (non-hydrogen) atoms. The van der Waals surface area contributed by atoms with Gasteiger partial charge in [-0.3, -0.25) is 4.79 Å². The van der Waals surface area contributed by atoms with E-state index >= 15 is 0 Å². The number of methoxy groups -OCH3 is 1. The van der Waals surface area contributed by atoms with Crippen LogP contribution in [0.5, 0.6) is 5.75 Å². The van der Waals surface area contributed by atoms with Gasteiger partial charge in [-0.2, -0.15) is 0 Å². The summed E-state index contributed by atoms with van der Waals surface area (Å²) in [6.45, 7) is 0.154. The number of rotatable bonds is 9. The number of oxime groups is 1. The maximum absolute atomic E-state index is 13.9. The number of hydrogen-bond acceptors (Lipinski definition) is 7. The van der Waals surface area contributed by atoms with Crippen molar-refractivity contribution >= 4 is 39.2 Å². The first-order valence-corrected chi connectivity index (χ1v) is 15.3. The van der Waals surface area contributed by atoms with E-state index in [1.807, 2.05) is 12.1 Å². The SMILES string of the molecule is COc1cccc(CO/N=C/C2(O)CC3CCC(C2)C3S(=O)(=O)c2cc(C(=O)Nc3cc(F)c(F)c(F)c3)ccc2Cl)c1. The van der Waals surface area contributed by atoms with Crippen molar-refractivity contribution < 1.29 is 41.1 Å². The third-order valence-corrected chi connectivity index (χ3v) is 10.8. The largest absolute Gasteiger partial charge is 0.497 e. The number of aliphatic hydroxyl groups is 1. The summed E-state index contributed by atoms with van der Waals surface area (Å²) in [5.74, 6) is -5.67. The molecule has 13 heteroatoms. The first kappa shape index (κ1) is 30.8. The van der Waals surface area contributed by atoms with Gasteiger partial charge in [0.2, 0.25) is 0 Å². The van der Waals surface area contributed by atoms with Crippen LogP contribution in [-0.2, 0) is 21.3 Å². The van der Waals surface area contributed by atoms with Gasteiger partial charge in [0.15, 0.2) is 27.3 Å². The predicted octanol–water partition coefficient (Wildman–Crippen LogP) is 5.91. The minimum atomic E-state index is -4.07. The number of carbonyl (C=O) groups is 1. The van der Waals surface area contributed by atoms with E-state index in [4.69, 9.17) is 21.2 Å². The topological polar surface area (TPSA) is 114 Å². The Bertz CT molecular complexity index is 1650. The van der Waals surface area contributed by atoms with Crippen LogP contribution >= 0.6 is 11.6 Å². The lowest BCUT2D eigenvalue weighted by atomic mass is 9.78. The number of hydrogen-bond donors (Lipinski definition) is 2. The average Bonchev–Trinajstić information content (AvgIpc) is 3.27. The molecule has 8 nitrogen and oxygen atoms in total. The second-order valence-corrected chi connectivity index (χ2v) is 13.3. The summed E-state index contributed by atoms with van der Waals surface area (Å²) in [4.78, 5) is 17.9. The van der Waals surface area contributed by atoms with Gasteiger partial charge in [-0.15, -0.1) is 0 Å². The van der Waals surface area contributed by atoms with Crippen molar-refractivity contribution in [3.63, 3.8) is 0 Å². The highest BCUT2D eigenvalue weighted by molar-refractivity contribution is 7.92. The number of nitrogens with one attached hydrogen (secondary N) is 1. The number of amides is 1. The van der Waals surface area contributed by atoms with Gasteiger partial charge in [0.05, 0.1) is 28.5 Å². The predicted molar refractivity (Wildman–Crippen MR) is 153 cm³/mol. The smallest absolute Gasteiger partial charge is 0.255 e. The number of sulfone groups is 1. The van der Waals surface area contributed by atoms with E-state index in [1.54, 1.807) is 19.2 Å². The Kier molecular flexibility index (Phi) is 8.73. The average molecular weight is 637 g/mol. The van der Waals surface area contributed by atoms with Crippen LogP contribution < -0.4 is 10.1 Å². The molecule has 3 aromatic carbocycles. The third kappa shape index (κ3) is 6.51. The molecule has 0 aliphatic heterocycles. The van der Waals surface area contributed by atoms with E-state index in [2.05, 4.69) is 10.5 Å². The van der Waals surface area contributed by atoms with E-state index < -0.39 is 55.9 Å². The Hall–Kier alpha value is -3.61. The summed E-state index contributed by atoms with van der Waals surface area (Å²) in [5.41, 5.74) is -1.02. The van der Waals surface area contributed by atoms with Crippen LogP contribution in [0.15, 0.2) is 64.6 Å². The van der Waals surface area contributed by atoms with Crippen LogP contribution in [0.2, 0.25) is 5.02 Å². The molecule has 0 radical (unpaired) electrons. The standard InChI is InChI=1S/C30H28ClF3N2O6S/c1-41-22-4-2-3-17(9-22)15-42-35-16-30(38)13-19-5-6-20(14-30)28(19)43(39,40)26-10-18(7-8-23(26)31)29(37)36-21-11-24(32)27(34)25(33)12-21/h2-4,7-12,16,19-20,28,38H,5-6,13-15H2,1H3,(H,36,37)/b35-16+. The molecule has 0 heterocycles. The Morgan fingerprint density at radius 2 is 1.77 bits per heavy atom. The molecule has 0 spiro atoms. The number of halogens is 4. The number of anilines is 1. The molecular weight excluding hydrogens is 609 g/mol. The van der Waals surface area contributed by atoms with Gasteiger partial charge in [0.25, 0.3) is 5.91 Å². The molecule has 3 aromatic rings. The highest BCUT2D eigenvalue weighted by Gasteiger charge is 2.54. The van der Waals surface area contributed by atoms with Crippen LogP contribution in [0.4, 0.5) is 18.9 Å². The summed E-state index contributed by atoms with van der Waals surface area (Å²) >= 11 is 6.30. The summed E-state index contributed by atoms with van der Waals surface area (Å²) in [6, 6.07) is 12.1. The second-order valence-electron chi connectivity index (χ2n) is 10.8. The zero-order chi connectivity index (χ0) is 30.9. The molecule has 1 amide bonds. The van der Waals surface area contributed by atoms with Crippen molar-refractivity contribution in [2.45, 2.75) is 48.0 Å². The first-order chi connectivity index (χ1) is 20.4. The minimum Gasteiger partial charge on any atom is -0.497 e. The van der Waals surface area contributed by atoms with Crippen LogP contribution in [-0.4, -0.2) is 43.6 Å². The van der Waals surface area contributed by atoms with Gasteiger partial charge in [0.1, 0.15) is 18.0 Å². The summed E-state index contributed by atoms with van der Waals surface area (Å²) in [6.07, 6.45) is 2.72. The van der Waals surface area contributed by atoms with Gasteiger partial charge in [0, 0.05) is 23.4 Å². The van der Waals surface area contributed by atoms with Crippen LogP contribution in [0.25, 0.3) is 0 Å². The molecule has 2 unspecified atom stereocenters. The quantitative estimate of drug-likeness (QED) is 0.171. The molecule has 2 saturated carbocycles. The molecule has 0 saturated heterocycles. The Morgan fingerprint density at radius 1 is 1.09 bits per heavy atom. The van der Waals surface area contributed by atoms with Gasteiger partial charge in [-0.1, -0.05) is 28.9 Å². The maximum Gasteiger partial charge on any atom is 0.255 e. The molecule has 228 valence electrons. The van der Waals surface area contributed by atoms with E-state index in [-0.39, 0.29) is 40.6 Å². The zero-order valence-electron chi connectivity index (χ0n) is 22.9. The van der Waals surface area contributed by atoms with Crippen molar-refractivity contribution in [3.8, 4) is 5.75 Å². The van der Waals surface area contributed by atoms with E-state index in [0.29, 0.717) is 30.7 Å². The van der Waals surface area contributed by atoms with Gasteiger partial charge >= 0.3 is 0 Å². The monoisotopic (exact) mass is 636 g/mol. The van der Waals surface area contributed by atoms with Gasteiger partial charge < -0.3 is 20.0 Å². The zero-order valence-corrected chi connectivity index (χ0v) is 24.5. The fourth-order valence-corrected chi connectivity index (χ4v) is 8.87.